The summed E-state index contributed by atoms with van der Waals surface area (Å²) in [4.78, 5) is 12.4. The average molecular weight is 480 g/mol. The Kier molecular flexibility index (Phi) is 6.24. The fraction of sp³-hybridized carbons (Fsp3) is 0.200. The van der Waals surface area contributed by atoms with Gasteiger partial charge in [-0.15, -0.1) is 0 Å². The first-order valence-corrected chi connectivity index (χ1v) is 12.7. The van der Waals surface area contributed by atoms with Crippen molar-refractivity contribution in [2.75, 3.05) is 12.8 Å². The monoisotopic (exact) mass is 479 g/mol. The Bertz CT molecular complexity index is 1320. The van der Waals surface area contributed by atoms with Gasteiger partial charge in [0.2, 0.25) is 0 Å². The zero-order valence-corrected chi connectivity index (χ0v) is 19.0. The smallest absolute Gasteiger partial charge is 0.363 e. The van der Waals surface area contributed by atoms with Crippen molar-refractivity contribution in [2.45, 2.75) is 18.2 Å². The first kappa shape index (κ1) is 23.6. The molecular formula is C20H23N4O6S2+. The van der Waals surface area contributed by atoms with Gasteiger partial charge in [-0.25, -0.2) is 0 Å². The number of aryl methyl sites for hydroxylation is 1. The highest BCUT2D eigenvalue weighted by atomic mass is 32.2. The van der Waals surface area contributed by atoms with E-state index in [1.165, 1.54) is 24.3 Å². The van der Waals surface area contributed by atoms with Crippen LogP contribution in [-0.4, -0.2) is 41.5 Å². The lowest BCUT2D eigenvalue weighted by atomic mass is 10.1. The Balaban J connectivity index is 2.27. The number of guanidine groups is 1. The summed E-state index contributed by atoms with van der Waals surface area (Å²) >= 11 is 0. The molecule has 1 aliphatic heterocycles. The molecule has 12 heteroatoms. The third kappa shape index (κ3) is 4.58. The van der Waals surface area contributed by atoms with E-state index in [-0.39, 0.29) is 28.1 Å². The summed E-state index contributed by atoms with van der Waals surface area (Å²) in [5, 5.41) is 9.44. The Morgan fingerprint density at radius 3 is 2.31 bits per heavy atom. The lowest BCUT2D eigenvalue weighted by Gasteiger charge is -2.31. The number of hydroxylamine groups is 1. The number of nitrogens with two attached hydrogens (primary N) is 1. The minimum atomic E-state index is -4.48. The van der Waals surface area contributed by atoms with Gasteiger partial charge in [0.05, 0.1) is 6.26 Å². The minimum absolute atomic E-state index is 0.0316. The van der Waals surface area contributed by atoms with Crippen molar-refractivity contribution in [1.29, 1.82) is 5.41 Å². The summed E-state index contributed by atoms with van der Waals surface area (Å²) in [6.07, 6.45) is 2.03. The maximum Gasteiger partial charge on any atom is 0.363 e. The van der Waals surface area contributed by atoms with Crippen molar-refractivity contribution < 1.29 is 25.9 Å². The van der Waals surface area contributed by atoms with E-state index in [0.29, 0.717) is 0 Å². The normalized spacial score (nSPS) is 18.8. The number of quaternary nitrogens is 1. The zero-order valence-electron chi connectivity index (χ0n) is 17.4. The number of hydrogen-bond acceptors (Lipinski definition) is 7. The number of nitrogens with zero attached hydrogens (tertiary/aromatic N) is 1. The van der Waals surface area contributed by atoms with E-state index in [0.717, 1.165) is 11.8 Å². The standard InChI is InChI=1S/C20H22N4O6S2/c1-14-7-9-17(10-8-14)32(28,29)24(30-31(2,26)27)12-11-16(19(25)23-20(21)22)13-15-5-3-4-6-18(15)24/h3-10,13H,11-12H2,1-2H3,(H3-,21,22,23,25)/p+1. The number of carbonyl (C=O) groups excluding carboxylic acids is 1. The van der Waals surface area contributed by atoms with Crippen molar-refractivity contribution in [3.8, 4) is 0 Å². The quantitative estimate of drug-likeness (QED) is 0.332. The summed E-state index contributed by atoms with van der Waals surface area (Å²) in [5.41, 5.74) is 6.49. The first-order chi connectivity index (χ1) is 14.9. The van der Waals surface area contributed by atoms with Gasteiger partial charge in [0, 0.05) is 23.6 Å². The topological polar surface area (TPSA) is 156 Å². The molecule has 10 nitrogen and oxygen atoms in total. The third-order valence-corrected chi connectivity index (χ3v) is 7.53. The molecule has 0 radical (unpaired) electrons. The highest BCUT2D eigenvalue weighted by Crippen LogP contribution is 2.40. The average Bonchev–Trinajstić information content (AvgIpc) is 2.85. The molecule has 4 N–H and O–H groups in total. The Hall–Kier alpha value is -3.06. The van der Waals surface area contributed by atoms with Crippen LogP contribution in [-0.2, 0) is 29.2 Å². The molecule has 0 bridgehead atoms. The fourth-order valence-corrected chi connectivity index (χ4v) is 6.24. The van der Waals surface area contributed by atoms with E-state index in [9.17, 15) is 21.6 Å². The lowest BCUT2D eigenvalue weighted by Crippen LogP contribution is -2.55. The van der Waals surface area contributed by atoms with Crippen molar-refractivity contribution in [3.63, 3.8) is 0 Å². The molecule has 0 saturated carbocycles. The maximum atomic E-state index is 13.9. The van der Waals surface area contributed by atoms with Gasteiger partial charge in [-0.1, -0.05) is 34.1 Å². The summed E-state index contributed by atoms with van der Waals surface area (Å²) < 4.78 is 56.2. The van der Waals surface area contributed by atoms with Gasteiger partial charge in [-0.3, -0.25) is 15.5 Å². The van der Waals surface area contributed by atoms with Crippen LogP contribution in [0, 0.1) is 12.3 Å². The van der Waals surface area contributed by atoms with Gasteiger partial charge in [-0.05, 0) is 35.3 Å². The SMILES string of the molecule is Cc1ccc(S(=O)(=O)[N+]2(OS(C)(=O)=O)CCC(C(=O)NC(=N)N)=Cc3ccccc32)cc1. The van der Waals surface area contributed by atoms with Gasteiger partial charge in [0.25, 0.3) is 5.91 Å². The van der Waals surface area contributed by atoms with E-state index >= 15 is 0 Å². The summed E-state index contributed by atoms with van der Waals surface area (Å²) in [7, 11) is -8.76. The molecule has 1 amide bonds. The Labute approximate surface area is 186 Å². The summed E-state index contributed by atoms with van der Waals surface area (Å²) in [6.45, 7) is 1.37. The van der Waals surface area contributed by atoms with Crippen LogP contribution in [0.5, 0.6) is 0 Å². The van der Waals surface area contributed by atoms with E-state index in [1.807, 2.05) is 0 Å². The Morgan fingerprint density at radius 1 is 1.09 bits per heavy atom. The van der Waals surface area contributed by atoms with E-state index in [1.54, 1.807) is 37.3 Å². The second-order valence-electron chi connectivity index (χ2n) is 7.31. The van der Waals surface area contributed by atoms with Crippen LogP contribution in [0.15, 0.2) is 59.0 Å². The largest absolute Gasteiger partial charge is 0.370 e. The molecule has 2 aromatic rings. The summed E-state index contributed by atoms with van der Waals surface area (Å²) in [5.74, 6) is -1.27. The predicted octanol–water partition coefficient (Wildman–Crippen LogP) is 1.38. The van der Waals surface area contributed by atoms with Crippen LogP contribution in [0.25, 0.3) is 6.08 Å². The molecule has 0 fully saturated rings. The number of rotatable bonds is 5. The molecule has 170 valence electrons. The number of nitrogens with one attached hydrogen (secondary N) is 2. The molecule has 2 aromatic carbocycles. The van der Waals surface area contributed by atoms with Crippen LogP contribution >= 0.6 is 0 Å². The maximum absolute atomic E-state index is 13.9. The van der Waals surface area contributed by atoms with E-state index in [4.69, 9.17) is 15.4 Å². The van der Waals surface area contributed by atoms with Crippen molar-refractivity contribution in [1.82, 2.24) is 9.37 Å². The van der Waals surface area contributed by atoms with E-state index in [2.05, 4.69) is 5.32 Å². The highest BCUT2D eigenvalue weighted by molar-refractivity contribution is 7.92. The van der Waals surface area contributed by atoms with Crippen molar-refractivity contribution in [2.24, 2.45) is 5.73 Å². The van der Waals surface area contributed by atoms with Gasteiger partial charge >= 0.3 is 20.1 Å². The van der Waals surface area contributed by atoms with Crippen molar-refractivity contribution >= 4 is 43.8 Å². The fourth-order valence-electron chi connectivity index (χ4n) is 3.42. The number of para-hydroxylation sites is 1. The molecule has 0 spiro atoms. The van der Waals surface area contributed by atoms with Crippen LogP contribution < -0.4 is 15.1 Å². The van der Waals surface area contributed by atoms with Crippen LogP contribution in [0.4, 0.5) is 5.69 Å². The van der Waals surface area contributed by atoms with Gasteiger partial charge in [0.15, 0.2) is 11.6 Å². The molecule has 3 rings (SSSR count). The number of fused-ring (bicyclic) bond motifs is 1. The van der Waals surface area contributed by atoms with Crippen molar-refractivity contribution in [3.05, 3.63) is 65.2 Å². The molecule has 1 unspecified atom stereocenters. The number of benzene rings is 2. The van der Waals surface area contributed by atoms with Crippen LogP contribution in [0.2, 0.25) is 0 Å². The van der Waals surface area contributed by atoms with Crippen LogP contribution in [0.3, 0.4) is 0 Å². The molecule has 1 atom stereocenters. The molecule has 1 aliphatic rings. The number of carbonyl (C=O) groups is 1. The van der Waals surface area contributed by atoms with Gasteiger partial charge < -0.3 is 5.73 Å². The second-order valence-corrected chi connectivity index (χ2v) is 10.9. The summed E-state index contributed by atoms with van der Waals surface area (Å²) in [6, 6.07) is 12.1. The minimum Gasteiger partial charge on any atom is -0.370 e. The van der Waals surface area contributed by atoms with Gasteiger partial charge in [-0.2, -0.15) is 16.8 Å². The molecule has 32 heavy (non-hydrogen) atoms. The Morgan fingerprint density at radius 2 is 1.72 bits per heavy atom. The first-order valence-electron chi connectivity index (χ1n) is 9.42. The molecule has 0 saturated heterocycles. The van der Waals surface area contributed by atoms with E-state index < -0.39 is 42.6 Å². The predicted molar refractivity (Wildman–Crippen MR) is 120 cm³/mol. The second kappa shape index (κ2) is 8.47. The molecule has 0 aliphatic carbocycles. The number of amides is 1. The molecular weight excluding hydrogens is 456 g/mol. The number of hydrogen-bond donors (Lipinski definition) is 3. The highest BCUT2D eigenvalue weighted by Gasteiger charge is 2.53. The zero-order chi connectivity index (χ0) is 23.7. The number of sulfonamides is 1. The molecule has 0 aromatic heterocycles. The van der Waals surface area contributed by atoms with Crippen LogP contribution in [0.1, 0.15) is 17.5 Å². The van der Waals surface area contributed by atoms with Gasteiger partial charge in [0.1, 0.15) is 11.4 Å². The molecule has 1 heterocycles. The lowest BCUT2D eigenvalue weighted by molar-refractivity contribution is -0.116. The third-order valence-electron chi connectivity index (χ3n) is 4.81.